The molecule has 4 heteroatoms. The summed E-state index contributed by atoms with van der Waals surface area (Å²) in [6.07, 6.45) is 6.67. The fraction of sp³-hybridized carbons (Fsp3) is 0.917. The summed E-state index contributed by atoms with van der Waals surface area (Å²) in [6.45, 7) is 1.71. The lowest BCUT2D eigenvalue weighted by atomic mass is 10.2. The number of carbonyl (C=O) groups excluding carboxylic acids is 1. The summed E-state index contributed by atoms with van der Waals surface area (Å²) in [5.74, 6) is 0.690. The van der Waals surface area contributed by atoms with Crippen LogP contribution < -0.4 is 5.32 Å². The van der Waals surface area contributed by atoms with Crippen molar-refractivity contribution in [2.24, 2.45) is 0 Å². The molecule has 1 aliphatic rings. The molecule has 0 bridgehead atoms. The van der Waals surface area contributed by atoms with Crippen molar-refractivity contribution in [1.82, 2.24) is 10.2 Å². The summed E-state index contributed by atoms with van der Waals surface area (Å²) in [7, 11) is 2.15. The van der Waals surface area contributed by atoms with Gasteiger partial charge in [-0.1, -0.05) is 12.8 Å². The van der Waals surface area contributed by atoms with E-state index in [-0.39, 0.29) is 5.91 Å². The molecule has 0 aromatic carbocycles. The maximum Gasteiger partial charge on any atom is 0.220 e. The van der Waals surface area contributed by atoms with E-state index in [9.17, 15) is 4.79 Å². The highest BCUT2D eigenvalue weighted by Gasteiger charge is 2.18. The highest BCUT2D eigenvalue weighted by molar-refractivity contribution is 6.17. The van der Waals surface area contributed by atoms with Crippen molar-refractivity contribution in [1.29, 1.82) is 0 Å². The predicted molar refractivity (Wildman–Crippen MR) is 67.8 cm³/mol. The van der Waals surface area contributed by atoms with E-state index in [1.165, 1.54) is 25.7 Å². The van der Waals surface area contributed by atoms with Gasteiger partial charge in [-0.3, -0.25) is 4.79 Å². The zero-order valence-electron chi connectivity index (χ0n) is 10.2. The molecule has 0 saturated heterocycles. The van der Waals surface area contributed by atoms with E-state index in [0.29, 0.717) is 12.3 Å². The van der Waals surface area contributed by atoms with Gasteiger partial charge in [0.15, 0.2) is 0 Å². The van der Waals surface area contributed by atoms with Gasteiger partial charge in [-0.15, -0.1) is 11.6 Å². The molecule has 0 radical (unpaired) electrons. The molecule has 3 nitrogen and oxygen atoms in total. The van der Waals surface area contributed by atoms with Gasteiger partial charge in [0.25, 0.3) is 0 Å². The fourth-order valence-corrected chi connectivity index (χ4v) is 2.35. The maximum absolute atomic E-state index is 11.3. The molecule has 1 N–H and O–H groups in total. The Bertz CT molecular complexity index is 205. The van der Waals surface area contributed by atoms with Gasteiger partial charge in [0.1, 0.15) is 0 Å². The van der Waals surface area contributed by atoms with Crippen molar-refractivity contribution in [3.63, 3.8) is 0 Å². The first-order valence-corrected chi connectivity index (χ1v) is 6.80. The standard InChI is InChI=1S/C12H23ClN2O/c1-15(11-5-2-3-6-11)10-9-14-12(16)7-4-8-13/h11H,2-10H2,1H3,(H,14,16). The highest BCUT2D eigenvalue weighted by atomic mass is 35.5. The molecule has 1 saturated carbocycles. The van der Waals surface area contributed by atoms with Crippen molar-refractivity contribution in [3.8, 4) is 0 Å². The molecule has 0 atom stereocenters. The van der Waals surface area contributed by atoms with Gasteiger partial charge in [-0.05, 0) is 26.3 Å². The molecule has 0 unspecified atom stereocenters. The molecule has 0 spiro atoms. The second kappa shape index (κ2) is 7.91. The summed E-state index contributed by atoms with van der Waals surface area (Å²) >= 11 is 5.53. The van der Waals surface area contributed by atoms with E-state index >= 15 is 0 Å². The molecule has 1 rings (SSSR count). The first-order chi connectivity index (χ1) is 7.74. The SMILES string of the molecule is CN(CCNC(=O)CCCCl)C1CCCC1. The van der Waals surface area contributed by atoms with Crippen LogP contribution in [0, 0.1) is 0 Å². The van der Waals surface area contributed by atoms with Gasteiger partial charge in [0, 0.05) is 31.4 Å². The third-order valence-corrected chi connectivity index (χ3v) is 3.54. The summed E-state index contributed by atoms with van der Waals surface area (Å²) in [6, 6.07) is 0.736. The number of rotatable bonds is 7. The Balaban J connectivity index is 2.03. The Labute approximate surface area is 104 Å². The van der Waals surface area contributed by atoms with Gasteiger partial charge in [-0.25, -0.2) is 0 Å². The number of alkyl halides is 1. The van der Waals surface area contributed by atoms with E-state index in [0.717, 1.165) is 25.6 Å². The van der Waals surface area contributed by atoms with Crippen LogP contribution in [-0.2, 0) is 4.79 Å². The number of hydrogen-bond donors (Lipinski definition) is 1. The predicted octanol–water partition coefficient (Wildman–Crippen LogP) is 2.00. The van der Waals surface area contributed by atoms with Crippen LogP contribution in [0.3, 0.4) is 0 Å². The Morgan fingerprint density at radius 3 is 2.75 bits per heavy atom. The third kappa shape index (κ3) is 5.17. The number of nitrogens with zero attached hydrogens (tertiary/aromatic N) is 1. The van der Waals surface area contributed by atoms with Crippen molar-refractivity contribution in [2.45, 2.75) is 44.6 Å². The molecule has 0 aliphatic heterocycles. The molecule has 1 amide bonds. The lowest BCUT2D eigenvalue weighted by molar-refractivity contribution is -0.121. The van der Waals surface area contributed by atoms with Crippen LogP contribution in [0.4, 0.5) is 0 Å². The fourth-order valence-electron chi connectivity index (χ4n) is 2.22. The molecule has 0 aromatic rings. The topological polar surface area (TPSA) is 32.3 Å². The Kier molecular flexibility index (Phi) is 6.81. The summed E-state index contributed by atoms with van der Waals surface area (Å²) in [5, 5.41) is 2.93. The van der Waals surface area contributed by atoms with E-state index in [4.69, 9.17) is 11.6 Å². The summed E-state index contributed by atoms with van der Waals surface area (Å²) in [4.78, 5) is 13.7. The highest BCUT2D eigenvalue weighted by Crippen LogP contribution is 2.21. The van der Waals surface area contributed by atoms with E-state index in [1.807, 2.05) is 0 Å². The van der Waals surface area contributed by atoms with Crippen LogP contribution in [0.1, 0.15) is 38.5 Å². The quantitative estimate of drug-likeness (QED) is 0.697. The average molecular weight is 247 g/mol. The lowest BCUT2D eigenvalue weighted by Gasteiger charge is -2.23. The van der Waals surface area contributed by atoms with Crippen molar-refractivity contribution < 1.29 is 4.79 Å². The molecule has 0 aromatic heterocycles. The second-order valence-electron chi connectivity index (χ2n) is 4.56. The summed E-state index contributed by atoms with van der Waals surface area (Å²) < 4.78 is 0. The molecule has 16 heavy (non-hydrogen) atoms. The Morgan fingerprint density at radius 1 is 1.44 bits per heavy atom. The minimum atomic E-state index is 0.125. The number of halogens is 1. The normalized spacial score (nSPS) is 16.9. The third-order valence-electron chi connectivity index (χ3n) is 3.27. The number of nitrogens with one attached hydrogen (secondary N) is 1. The second-order valence-corrected chi connectivity index (χ2v) is 4.94. The van der Waals surface area contributed by atoms with E-state index in [2.05, 4.69) is 17.3 Å². The van der Waals surface area contributed by atoms with Gasteiger partial charge in [0.05, 0.1) is 0 Å². The van der Waals surface area contributed by atoms with E-state index < -0.39 is 0 Å². The Hall–Kier alpha value is -0.280. The molecular formula is C12H23ClN2O. The summed E-state index contributed by atoms with van der Waals surface area (Å²) in [5.41, 5.74) is 0. The zero-order chi connectivity index (χ0) is 11.8. The molecule has 1 fully saturated rings. The van der Waals surface area contributed by atoms with Gasteiger partial charge < -0.3 is 10.2 Å². The number of likely N-dealkylation sites (N-methyl/N-ethyl adjacent to an activating group) is 1. The van der Waals surface area contributed by atoms with Crippen LogP contribution in [0.15, 0.2) is 0 Å². The van der Waals surface area contributed by atoms with Crippen LogP contribution in [-0.4, -0.2) is 42.9 Å². The maximum atomic E-state index is 11.3. The largest absolute Gasteiger partial charge is 0.355 e. The van der Waals surface area contributed by atoms with Crippen molar-refractivity contribution in [3.05, 3.63) is 0 Å². The first kappa shape index (κ1) is 13.8. The number of amides is 1. The number of hydrogen-bond acceptors (Lipinski definition) is 2. The zero-order valence-corrected chi connectivity index (χ0v) is 10.9. The minimum absolute atomic E-state index is 0.125. The van der Waals surface area contributed by atoms with Gasteiger partial charge in [0.2, 0.25) is 5.91 Å². The first-order valence-electron chi connectivity index (χ1n) is 6.27. The minimum Gasteiger partial charge on any atom is -0.355 e. The van der Waals surface area contributed by atoms with Gasteiger partial charge >= 0.3 is 0 Å². The van der Waals surface area contributed by atoms with Crippen LogP contribution in [0.25, 0.3) is 0 Å². The van der Waals surface area contributed by atoms with Gasteiger partial charge in [-0.2, -0.15) is 0 Å². The Morgan fingerprint density at radius 2 is 2.12 bits per heavy atom. The van der Waals surface area contributed by atoms with Crippen molar-refractivity contribution >= 4 is 17.5 Å². The molecule has 94 valence electrons. The molecule has 1 aliphatic carbocycles. The lowest BCUT2D eigenvalue weighted by Crippen LogP contribution is -2.37. The molecule has 0 heterocycles. The monoisotopic (exact) mass is 246 g/mol. The number of carbonyl (C=O) groups is 1. The average Bonchev–Trinajstić information content (AvgIpc) is 2.79. The molecular weight excluding hydrogens is 224 g/mol. The van der Waals surface area contributed by atoms with Crippen LogP contribution >= 0.6 is 11.6 Å². The van der Waals surface area contributed by atoms with E-state index in [1.54, 1.807) is 0 Å². The van der Waals surface area contributed by atoms with Crippen LogP contribution in [0.5, 0.6) is 0 Å². The van der Waals surface area contributed by atoms with Crippen LogP contribution in [0.2, 0.25) is 0 Å². The van der Waals surface area contributed by atoms with Crippen molar-refractivity contribution in [2.75, 3.05) is 26.0 Å². The smallest absolute Gasteiger partial charge is 0.220 e.